The minimum Gasteiger partial charge on any atom is -0.480 e. The first-order valence-electron chi connectivity index (χ1n) is 11.1. The molecule has 9 heteroatoms. The number of unbranched alkanes of at least 4 members (excludes halogenated alkanes) is 1. The Morgan fingerprint density at radius 1 is 1.25 bits per heavy atom. The number of carbonyl (C=O) groups is 2. The van der Waals surface area contributed by atoms with Crippen LogP contribution in [0.2, 0.25) is 0 Å². The number of carboxylic acid groups (broad SMARTS) is 1. The van der Waals surface area contributed by atoms with Gasteiger partial charge >= 0.3 is 5.97 Å². The van der Waals surface area contributed by atoms with Gasteiger partial charge in [0.05, 0.1) is 17.5 Å². The molecule has 1 aliphatic rings. The number of rotatable bonds is 11. The lowest BCUT2D eigenvalue weighted by Crippen LogP contribution is -2.42. The number of hydrogen-bond acceptors (Lipinski definition) is 7. The predicted molar refractivity (Wildman–Crippen MR) is 120 cm³/mol. The van der Waals surface area contributed by atoms with E-state index >= 15 is 0 Å². The Hall–Kier alpha value is -3.07. The Bertz CT molecular complexity index is 930. The molecule has 9 nitrogen and oxygen atoms in total. The summed E-state index contributed by atoms with van der Waals surface area (Å²) in [4.78, 5) is 28.7. The Kier molecular flexibility index (Phi) is 8.49. The summed E-state index contributed by atoms with van der Waals surface area (Å²) >= 11 is 0. The number of anilines is 1. The third-order valence-electron chi connectivity index (χ3n) is 5.52. The van der Waals surface area contributed by atoms with Crippen LogP contribution in [0.25, 0.3) is 0 Å². The topological polar surface area (TPSA) is 126 Å². The van der Waals surface area contributed by atoms with E-state index in [1.165, 1.54) is 11.8 Å². The lowest BCUT2D eigenvalue weighted by atomic mass is 10.1. The Balaban J connectivity index is 1.36. The third-order valence-corrected chi connectivity index (χ3v) is 5.52. The third kappa shape index (κ3) is 6.46. The van der Waals surface area contributed by atoms with Gasteiger partial charge in [0.15, 0.2) is 0 Å². The summed E-state index contributed by atoms with van der Waals surface area (Å²) in [6, 6.07) is 3.22. The molecular weight excluding hydrogens is 410 g/mol. The highest BCUT2D eigenvalue weighted by Crippen LogP contribution is 2.20. The SMILES string of the molecule is Cc1cnnc(C)c1C(=O)N[C@@H](CCOCCCCc1ccc2c(n1)NCCC2)C(=O)O. The van der Waals surface area contributed by atoms with Crippen LogP contribution in [0.5, 0.6) is 0 Å². The maximum absolute atomic E-state index is 12.5. The predicted octanol–water partition coefficient (Wildman–Crippen LogP) is 2.46. The van der Waals surface area contributed by atoms with Crippen molar-refractivity contribution in [2.24, 2.45) is 0 Å². The smallest absolute Gasteiger partial charge is 0.326 e. The van der Waals surface area contributed by atoms with Crippen molar-refractivity contribution in [3.8, 4) is 0 Å². The van der Waals surface area contributed by atoms with E-state index in [0.29, 0.717) is 23.4 Å². The molecule has 3 heterocycles. The molecule has 2 aromatic heterocycles. The molecule has 32 heavy (non-hydrogen) atoms. The average molecular weight is 442 g/mol. The maximum atomic E-state index is 12.5. The molecule has 0 bridgehead atoms. The van der Waals surface area contributed by atoms with Gasteiger partial charge in [-0.15, -0.1) is 0 Å². The Morgan fingerprint density at radius 2 is 2.09 bits per heavy atom. The normalized spacial score (nSPS) is 13.7. The molecule has 0 aliphatic carbocycles. The van der Waals surface area contributed by atoms with Gasteiger partial charge in [-0.25, -0.2) is 9.78 Å². The van der Waals surface area contributed by atoms with E-state index in [2.05, 4.69) is 37.9 Å². The number of nitrogens with one attached hydrogen (secondary N) is 2. The highest BCUT2D eigenvalue weighted by Gasteiger charge is 2.23. The molecule has 0 spiro atoms. The molecule has 1 aliphatic heterocycles. The summed E-state index contributed by atoms with van der Waals surface area (Å²) in [5.41, 5.74) is 3.83. The van der Waals surface area contributed by atoms with Crippen molar-refractivity contribution in [2.45, 2.75) is 58.4 Å². The molecule has 0 radical (unpaired) electrons. The highest BCUT2D eigenvalue weighted by molar-refractivity contribution is 5.98. The van der Waals surface area contributed by atoms with Crippen molar-refractivity contribution in [2.75, 3.05) is 25.1 Å². The number of ether oxygens (including phenoxy) is 1. The van der Waals surface area contributed by atoms with E-state index in [4.69, 9.17) is 4.74 Å². The number of carboxylic acids is 1. The summed E-state index contributed by atoms with van der Waals surface area (Å²) < 4.78 is 5.61. The second kappa shape index (κ2) is 11.5. The number of pyridine rings is 1. The summed E-state index contributed by atoms with van der Waals surface area (Å²) in [7, 11) is 0. The van der Waals surface area contributed by atoms with E-state index in [-0.39, 0.29) is 13.0 Å². The van der Waals surface area contributed by atoms with E-state index < -0.39 is 17.9 Å². The van der Waals surface area contributed by atoms with Gasteiger partial charge in [-0.2, -0.15) is 10.2 Å². The van der Waals surface area contributed by atoms with Crippen molar-refractivity contribution in [3.63, 3.8) is 0 Å². The van der Waals surface area contributed by atoms with Gasteiger partial charge in [-0.05, 0) is 63.1 Å². The van der Waals surface area contributed by atoms with Crippen LogP contribution in [0, 0.1) is 13.8 Å². The van der Waals surface area contributed by atoms with Crippen LogP contribution in [-0.2, 0) is 22.4 Å². The standard InChI is InChI=1S/C23H31N5O4/c1-15-14-25-28-16(2)20(15)22(29)27-19(23(30)31)10-13-32-12-4-3-7-18-9-8-17-6-5-11-24-21(17)26-18/h8-9,14,19H,3-7,10-13H2,1-2H3,(H,24,26)(H,27,29)(H,30,31)/t19-/m0/s1. The second-order valence-corrected chi connectivity index (χ2v) is 8.05. The molecule has 0 saturated heterocycles. The number of carbonyl (C=O) groups excluding carboxylic acids is 1. The fourth-order valence-electron chi connectivity index (χ4n) is 3.75. The Labute approximate surface area is 188 Å². The van der Waals surface area contributed by atoms with Gasteiger partial charge in [0, 0.05) is 31.9 Å². The zero-order valence-corrected chi connectivity index (χ0v) is 18.7. The molecule has 2 aromatic rings. The van der Waals surface area contributed by atoms with Crippen molar-refractivity contribution < 1.29 is 19.4 Å². The zero-order chi connectivity index (χ0) is 22.9. The first-order chi connectivity index (χ1) is 15.5. The number of hydrogen-bond donors (Lipinski definition) is 3. The number of nitrogens with zero attached hydrogens (tertiary/aromatic N) is 3. The molecule has 3 N–H and O–H groups in total. The minimum absolute atomic E-state index is 0.190. The molecule has 0 aromatic carbocycles. The Morgan fingerprint density at radius 3 is 2.88 bits per heavy atom. The number of fused-ring (bicyclic) bond motifs is 1. The van der Waals surface area contributed by atoms with Gasteiger partial charge in [0.2, 0.25) is 0 Å². The van der Waals surface area contributed by atoms with Gasteiger partial charge in [-0.3, -0.25) is 4.79 Å². The number of amides is 1. The lowest BCUT2D eigenvalue weighted by molar-refractivity contribution is -0.139. The summed E-state index contributed by atoms with van der Waals surface area (Å²) in [6.45, 7) is 5.18. The first-order valence-corrected chi connectivity index (χ1v) is 11.1. The molecule has 0 unspecified atom stereocenters. The van der Waals surface area contributed by atoms with Gasteiger partial charge in [0.25, 0.3) is 5.91 Å². The quantitative estimate of drug-likeness (QED) is 0.454. The second-order valence-electron chi connectivity index (χ2n) is 8.05. The molecule has 0 saturated carbocycles. The van der Waals surface area contributed by atoms with Crippen molar-refractivity contribution in [1.82, 2.24) is 20.5 Å². The zero-order valence-electron chi connectivity index (χ0n) is 18.7. The average Bonchev–Trinajstić information content (AvgIpc) is 2.77. The fourth-order valence-corrected chi connectivity index (χ4v) is 3.75. The summed E-state index contributed by atoms with van der Waals surface area (Å²) in [5.74, 6) is -0.541. The number of aryl methyl sites for hydroxylation is 4. The van der Waals surface area contributed by atoms with E-state index in [1.807, 2.05) is 0 Å². The van der Waals surface area contributed by atoms with Crippen LogP contribution in [0.4, 0.5) is 5.82 Å². The molecule has 3 rings (SSSR count). The molecular formula is C23H31N5O4. The van der Waals surface area contributed by atoms with E-state index in [9.17, 15) is 14.7 Å². The van der Waals surface area contributed by atoms with Crippen LogP contribution in [-0.4, -0.2) is 58.0 Å². The van der Waals surface area contributed by atoms with Crippen molar-refractivity contribution in [1.29, 1.82) is 0 Å². The maximum Gasteiger partial charge on any atom is 0.326 e. The van der Waals surface area contributed by atoms with Crippen LogP contribution < -0.4 is 10.6 Å². The summed E-state index contributed by atoms with van der Waals surface area (Å²) in [5, 5.41) is 23.0. The van der Waals surface area contributed by atoms with Gasteiger partial charge in [-0.1, -0.05) is 6.07 Å². The lowest BCUT2D eigenvalue weighted by Gasteiger charge is -2.17. The minimum atomic E-state index is -1.09. The monoisotopic (exact) mass is 441 g/mol. The highest BCUT2D eigenvalue weighted by atomic mass is 16.5. The van der Waals surface area contributed by atoms with E-state index in [1.54, 1.807) is 13.8 Å². The largest absolute Gasteiger partial charge is 0.480 e. The van der Waals surface area contributed by atoms with Crippen LogP contribution in [0.3, 0.4) is 0 Å². The van der Waals surface area contributed by atoms with Crippen molar-refractivity contribution >= 4 is 17.7 Å². The van der Waals surface area contributed by atoms with Gasteiger partial charge < -0.3 is 20.5 Å². The first kappa shape index (κ1) is 23.6. The van der Waals surface area contributed by atoms with Crippen molar-refractivity contribution in [3.05, 3.63) is 46.4 Å². The molecule has 1 amide bonds. The van der Waals surface area contributed by atoms with E-state index in [0.717, 1.165) is 50.2 Å². The number of aliphatic carboxylic acids is 1. The summed E-state index contributed by atoms with van der Waals surface area (Å²) in [6.07, 6.45) is 6.59. The number of aromatic nitrogens is 3. The fraction of sp³-hybridized carbons (Fsp3) is 0.522. The van der Waals surface area contributed by atoms with Crippen LogP contribution in [0.1, 0.15) is 58.6 Å². The van der Waals surface area contributed by atoms with Gasteiger partial charge in [0.1, 0.15) is 11.9 Å². The molecule has 0 fully saturated rings. The molecule has 1 atom stereocenters. The van der Waals surface area contributed by atoms with Crippen LogP contribution >= 0.6 is 0 Å². The van der Waals surface area contributed by atoms with Crippen LogP contribution in [0.15, 0.2) is 18.3 Å². The molecule has 172 valence electrons.